The van der Waals surface area contributed by atoms with Gasteiger partial charge < -0.3 is 0 Å². The van der Waals surface area contributed by atoms with E-state index in [4.69, 9.17) is 4.98 Å². The van der Waals surface area contributed by atoms with Crippen LogP contribution in [0.5, 0.6) is 0 Å². The number of nitrogens with zero attached hydrogens (tertiary/aromatic N) is 4. The molecule has 0 saturated carbocycles. The van der Waals surface area contributed by atoms with E-state index in [1.165, 1.54) is 11.1 Å². The maximum Gasteiger partial charge on any atom is 0.239 e. The molecule has 4 nitrogen and oxygen atoms in total. The summed E-state index contributed by atoms with van der Waals surface area (Å²) in [6.45, 7) is 11.4. The highest BCUT2D eigenvalue weighted by Gasteiger charge is 2.22. The Kier molecular flexibility index (Phi) is 7.09. The van der Waals surface area contributed by atoms with E-state index in [0.29, 0.717) is 17.8 Å². The molecule has 0 fully saturated rings. The fraction of sp³-hybridized carbons (Fsp3) is 0.273. The van der Waals surface area contributed by atoms with Gasteiger partial charge in [0.25, 0.3) is 0 Å². The average molecular weight is 488 g/mol. The zero-order chi connectivity index (χ0) is 25.9. The van der Waals surface area contributed by atoms with Crippen LogP contribution in [0.15, 0.2) is 101 Å². The second kappa shape index (κ2) is 10.6. The average Bonchev–Trinajstić information content (AvgIpc) is 2.90. The third-order valence-corrected chi connectivity index (χ3v) is 7.23. The van der Waals surface area contributed by atoms with Gasteiger partial charge in [-0.05, 0) is 67.0 Å². The summed E-state index contributed by atoms with van der Waals surface area (Å²) >= 11 is 0. The first-order valence-electron chi connectivity index (χ1n) is 13.2. The number of para-hydroxylation sites is 1. The largest absolute Gasteiger partial charge is 0.239 e. The maximum absolute atomic E-state index is 5.03. The first-order valence-corrected chi connectivity index (χ1v) is 13.2. The molecule has 5 rings (SSSR count). The zero-order valence-corrected chi connectivity index (χ0v) is 22.4. The van der Waals surface area contributed by atoms with E-state index in [2.05, 4.69) is 116 Å². The van der Waals surface area contributed by atoms with Crippen molar-refractivity contribution in [1.82, 2.24) is 4.98 Å². The molecule has 37 heavy (non-hydrogen) atoms. The topological polar surface area (TPSA) is 41.5 Å². The van der Waals surface area contributed by atoms with Gasteiger partial charge in [0.1, 0.15) is 11.0 Å². The quantitative estimate of drug-likeness (QED) is 0.128. The second-order valence-corrected chi connectivity index (χ2v) is 10.7. The highest BCUT2D eigenvalue weighted by Crippen LogP contribution is 2.28. The molecule has 0 aliphatic rings. The second-order valence-electron chi connectivity index (χ2n) is 10.7. The van der Waals surface area contributed by atoms with Crippen molar-refractivity contribution in [2.45, 2.75) is 41.0 Å². The van der Waals surface area contributed by atoms with E-state index in [0.717, 1.165) is 45.5 Å². The summed E-state index contributed by atoms with van der Waals surface area (Å²) in [7, 11) is 0. The SMILES string of the molecule is Cc1ccc(/N=N\c2ccc3nc4ccc(CC(C(C)C)C(C)C)cc4[n+](-c4ccccc4)c3c2)cc1. The minimum absolute atomic E-state index is 0.629. The molecule has 4 heteroatoms. The number of hydrogen-bond donors (Lipinski definition) is 0. The van der Waals surface area contributed by atoms with Gasteiger partial charge in [0.15, 0.2) is 0 Å². The predicted octanol–water partition coefficient (Wildman–Crippen LogP) is 8.86. The number of hydrogen-bond acceptors (Lipinski definition) is 3. The highest BCUT2D eigenvalue weighted by atomic mass is 15.1. The first-order chi connectivity index (χ1) is 17.9. The lowest BCUT2D eigenvalue weighted by Gasteiger charge is -2.24. The molecule has 0 atom stereocenters. The van der Waals surface area contributed by atoms with Gasteiger partial charge in [-0.3, -0.25) is 0 Å². The molecule has 0 N–H and O–H groups in total. The van der Waals surface area contributed by atoms with E-state index < -0.39 is 0 Å². The van der Waals surface area contributed by atoms with Crippen LogP contribution in [0.25, 0.3) is 27.8 Å². The van der Waals surface area contributed by atoms with Gasteiger partial charge in [-0.1, -0.05) is 69.7 Å². The standard InChI is InChI=1S/C33H35N4/c1-22(2)29(23(3)4)19-25-13-17-30-32(20-25)37(28-9-7-6-8-10-28)33-21-27(16-18-31(33)34-30)36-35-26-14-11-24(5)12-15-26/h6-18,20-23,29H,19H2,1-5H3/q+1. The fourth-order valence-electron chi connectivity index (χ4n) is 5.17. The van der Waals surface area contributed by atoms with Gasteiger partial charge in [-0.2, -0.15) is 10.2 Å². The van der Waals surface area contributed by atoms with Crippen LogP contribution >= 0.6 is 0 Å². The molecule has 0 radical (unpaired) electrons. The van der Waals surface area contributed by atoms with Crippen molar-refractivity contribution in [2.24, 2.45) is 28.0 Å². The van der Waals surface area contributed by atoms with Crippen molar-refractivity contribution in [2.75, 3.05) is 0 Å². The van der Waals surface area contributed by atoms with Gasteiger partial charge in [-0.25, -0.2) is 4.98 Å². The summed E-state index contributed by atoms with van der Waals surface area (Å²) in [5, 5.41) is 9.01. The number of aromatic nitrogens is 2. The number of fused-ring (bicyclic) bond motifs is 2. The Morgan fingerprint density at radius 1 is 0.676 bits per heavy atom. The number of aryl methyl sites for hydroxylation is 1. The molecule has 0 aliphatic carbocycles. The molecule has 186 valence electrons. The molecule has 4 aromatic carbocycles. The van der Waals surface area contributed by atoms with Crippen molar-refractivity contribution < 1.29 is 4.57 Å². The third-order valence-electron chi connectivity index (χ3n) is 7.23. The van der Waals surface area contributed by atoms with Crippen LogP contribution in [0.3, 0.4) is 0 Å². The molecule has 1 aromatic heterocycles. The van der Waals surface area contributed by atoms with E-state index in [1.54, 1.807) is 0 Å². The Hall–Kier alpha value is -3.92. The Morgan fingerprint density at radius 2 is 1.27 bits per heavy atom. The zero-order valence-electron chi connectivity index (χ0n) is 22.4. The molecular weight excluding hydrogens is 452 g/mol. The van der Waals surface area contributed by atoms with E-state index in [1.807, 2.05) is 24.3 Å². The summed E-state index contributed by atoms with van der Waals surface area (Å²) in [5.74, 6) is 1.89. The van der Waals surface area contributed by atoms with E-state index in [-0.39, 0.29) is 0 Å². The molecular formula is C33H35N4+. The lowest BCUT2D eigenvalue weighted by molar-refractivity contribution is -0.538. The predicted molar refractivity (Wildman–Crippen MR) is 153 cm³/mol. The Balaban J connectivity index is 1.66. The van der Waals surface area contributed by atoms with Gasteiger partial charge in [0.2, 0.25) is 16.7 Å². The van der Waals surface area contributed by atoms with Crippen molar-refractivity contribution in [3.05, 3.63) is 102 Å². The minimum atomic E-state index is 0.629. The first kappa shape index (κ1) is 24.8. The normalized spacial score (nSPS) is 12.1. The highest BCUT2D eigenvalue weighted by molar-refractivity contribution is 5.84. The molecule has 0 spiro atoms. The number of rotatable bonds is 7. The number of azo groups is 1. The van der Waals surface area contributed by atoms with Gasteiger partial charge >= 0.3 is 0 Å². The third kappa shape index (κ3) is 5.43. The van der Waals surface area contributed by atoms with Crippen LogP contribution in [0.1, 0.15) is 38.8 Å². The van der Waals surface area contributed by atoms with Crippen LogP contribution in [0.4, 0.5) is 11.4 Å². The van der Waals surface area contributed by atoms with Crippen molar-refractivity contribution >= 4 is 33.4 Å². The van der Waals surface area contributed by atoms with E-state index >= 15 is 0 Å². The van der Waals surface area contributed by atoms with Gasteiger partial charge in [0.05, 0.1) is 11.4 Å². The van der Waals surface area contributed by atoms with Crippen molar-refractivity contribution in [3.8, 4) is 5.69 Å². The Bertz CT molecular complexity index is 1540. The monoisotopic (exact) mass is 487 g/mol. The van der Waals surface area contributed by atoms with Gasteiger partial charge in [-0.15, -0.1) is 4.57 Å². The molecule has 0 amide bonds. The maximum atomic E-state index is 5.03. The molecule has 0 bridgehead atoms. The number of benzene rings is 4. The van der Waals surface area contributed by atoms with Crippen LogP contribution in [-0.2, 0) is 6.42 Å². The molecule has 0 unspecified atom stereocenters. The summed E-state index contributed by atoms with van der Waals surface area (Å²) in [4.78, 5) is 5.03. The lowest BCUT2D eigenvalue weighted by Crippen LogP contribution is -2.33. The van der Waals surface area contributed by atoms with Gasteiger partial charge in [0, 0.05) is 24.3 Å². The van der Waals surface area contributed by atoms with Crippen molar-refractivity contribution in [1.29, 1.82) is 0 Å². The molecule has 1 heterocycles. The summed E-state index contributed by atoms with van der Waals surface area (Å²) in [6, 6.07) is 31.5. The fourth-order valence-corrected chi connectivity index (χ4v) is 5.17. The Morgan fingerprint density at radius 3 is 1.95 bits per heavy atom. The van der Waals surface area contributed by atoms with Crippen LogP contribution < -0.4 is 4.57 Å². The minimum Gasteiger partial charge on any atom is -0.235 e. The summed E-state index contributed by atoms with van der Waals surface area (Å²) in [6.07, 6.45) is 1.06. The van der Waals surface area contributed by atoms with Crippen LogP contribution in [-0.4, -0.2) is 4.98 Å². The van der Waals surface area contributed by atoms with E-state index in [9.17, 15) is 0 Å². The van der Waals surface area contributed by atoms with Crippen LogP contribution in [0, 0.1) is 24.7 Å². The molecule has 0 aliphatic heterocycles. The summed E-state index contributed by atoms with van der Waals surface area (Å²) < 4.78 is 2.31. The van der Waals surface area contributed by atoms with Crippen LogP contribution in [0.2, 0.25) is 0 Å². The Labute approximate surface area is 219 Å². The summed E-state index contributed by atoms with van der Waals surface area (Å²) in [5.41, 5.74) is 9.34. The molecule has 0 saturated heterocycles. The smallest absolute Gasteiger partial charge is 0.235 e. The molecule has 5 aromatic rings. The van der Waals surface area contributed by atoms with Crippen molar-refractivity contribution in [3.63, 3.8) is 0 Å². The lowest BCUT2D eigenvalue weighted by atomic mass is 9.81.